The third-order valence-electron chi connectivity index (χ3n) is 4.69. The van der Waals surface area contributed by atoms with E-state index in [0.29, 0.717) is 12.1 Å². The van der Waals surface area contributed by atoms with Crippen LogP contribution in [0.5, 0.6) is 0 Å². The van der Waals surface area contributed by atoms with Crippen LogP contribution < -0.4 is 5.32 Å². The fourth-order valence-corrected chi connectivity index (χ4v) is 3.55. The quantitative estimate of drug-likeness (QED) is 0.829. The molecule has 0 bridgehead atoms. The van der Waals surface area contributed by atoms with E-state index in [0.717, 1.165) is 31.9 Å². The van der Waals surface area contributed by atoms with Crippen molar-refractivity contribution in [3.05, 3.63) is 0 Å². The molecule has 0 radical (unpaired) electrons. The molecule has 3 heteroatoms. The number of rotatable bonds is 5. The zero-order valence-electron chi connectivity index (χ0n) is 13.2. The van der Waals surface area contributed by atoms with E-state index >= 15 is 0 Å². The summed E-state index contributed by atoms with van der Waals surface area (Å²) in [6.45, 7) is 13.8. The fourth-order valence-electron chi connectivity index (χ4n) is 3.55. The summed E-state index contributed by atoms with van der Waals surface area (Å²) in [7, 11) is 0. The van der Waals surface area contributed by atoms with Gasteiger partial charge in [-0.3, -0.25) is 4.90 Å². The van der Waals surface area contributed by atoms with E-state index in [1.165, 1.54) is 25.9 Å². The van der Waals surface area contributed by atoms with E-state index in [-0.39, 0.29) is 5.60 Å². The molecule has 2 rings (SSSR count). The summed E-state index contributed by atoms with van der Waals surface area (Å²) in [6, 6.07) is 1.33. The Bertz CT molecular complexity index is 272. The molecule has 112 valence electrons. The van der Waals surface area contributed by atoms with E-state index in [1.54, 1.807) is 0 Å². The first kappa shape index (κ1) is 15.3. The summed E-state index contributed by atoms with van der Waals surface area (Å²) in [5, 5.41) is 3.81. The summed E-state index contributed by atoms with van der Waals surface area (Å²) < 4.78 is 5.80. The lowest BCUT2D eigenvalue weighted by molar-refractivity contribution is -0.0635. The summed E-state index contributed by atoms with van der Waals surface area (Å²) in [4.78, 5) is 2.68. The van der Waals surface area contributed by atoms with Gasteiger partial charge in [0.2, 0.25) is 0 Å². The zero-order valence-corrected chi connectivity index (χ0v) is 13.2. The molecule has 0 amide bonds. The molecule has 3 nitrogen and oxygen atoms in total. The molecule has 2 heterocycles. The van der Waals surface area contributed by atoms with Gasteiger partial charge in [0.05, 0.1) is 5.60 Å². The van der Waals surface area contributed by atoms with E-state index in [2.05, 4.69) is 37.9 Å². The number of nitrogens with zero attached hydrogens (tertiary/aromatic N) is 1. The Morgan fingerprint density at radius 1 is 1.26 bits per heavy atom. The Balaban J connectivity index is 1.81. The van der Waals surface area contributed by atoms with Crippen LogP contribution in [0.1, 0.15) is 53.4 Å². The summed E-state index contributed by atoms with van der Waals surface area (Å²) in [6.07, 6.45) is 5.06. The highest BCUT2D eigenvalue weighted by Gasteiger charge is 2.30. The molecule has 0 aromatic heterocycles. The van der Waals surface area contributed by atoms with Crippen molar-refractivity contribution in [2.45, 2.75) is 71.1 Å². The highest BCUT2D eigenvalue weighted by Crippen LogP contribution is 2.24. The third-order valence-corrected chi connectivity index (χ3v) is 4.69. The average Bonchev–Trinajstić information content (AvgIpc) is 2.81. The number of ether oxygens (including phenoxy) is 1. The van der Waals surface area contributed by atoms with Gasteiger partial charge >= 0.3 is 0 Å². The standard InChI is InChI=1S/C16H32N2O/c1-13(2)15(18-8-5-6-9-18)12-17-14-7-10-19-16(3,4)11-14/h13-15,17H,5-12H2,1-4H3. The minimum Gasteiger partial charge on any atom is -0.375 e. The van der Waals surface area contributed by atoms with Crippen molar-refractivity contribution < 1.29 is 4.74 Å². The van der Waals surface area contributed by atoms with Gasteiger partial charge in [-0.25, -0.2) is 0 Å². The van der Waals surface area contributed by atoms with Crippen molar-refractivity contribution in [1.82, 2.24) is 10.2 Å². The van der Waals surface area contributed by atoms with Crippen molar-refractivity contribution in [3.63, 3.8) is 0 Å². The lowest BCUT2D eigenvalue weighted by Crippen LogP contribution is -2.50. The molecule has 2 saturated heterocycles. The Hall–Kier alpha value is -0.120. The molecule has 0 spiro atoms. The second-order valence-electron chi connectivity index (χ2n) is 7.26. The van der Waals surface area contributed by atoms with Gasteiger partial charge in [-0.05, 0) is 58.5 Å². The van der Waals surface area contributed by atoms with Crippen molar-refractivity contribution >= 4 is 0 Å². The fraction of sp³-hybridized carbons (Fsp3) is 1.00. The maximum atomic E-state index is 5.80. The third kappa shape index (κ3) is 4.44. The van der Waals surface area contributed by atoms with Gasteiger partial charge in [-0.1, -0.05) is 13.8 Å². The molecule has 2 fully saturated rings. The SMILES string of the molecule is CC(C)C(CNC1CCOC(C)(C)C1)N1CCCC1. The molecule has 0 aliphatic carbocycles. The molecule has 2 atom stereocenters. The minimum absolute atomic E-state index is 0.0525. The van der Waals surface area contributed by atoms with Gasteiger partial charge in [0.15, 0.2) is 0 Å². The first-order chi connectivity index (χ1) is 8.98. The molecule has 0 aromatic carbocycles. The Kier molecular flexibility index (Phi) is 5.27. The van der Waals surface area contributed by atoms with Crippen LogP contribution in [0.2, 0.25) is 0 Å². The molecule has 2 aliphatic heterocycles. The van der Waals surface area contributed by atoms with Crippen molar-refractivity contribution in [3.8, 4) is 0 Å². The topological polar surface area (TPSA) is 24.5 Å². The number of likely N-dealkylation sites (tertiary alicyclic amines) is 1. The van der Waals surface area contributed by atoms with Crippen LogP contribution in [0.4, 0.5) is 0 Å². The summed E-state index contributed by atoms with van der Waals surface area (Å²) >= 11 is 0. The van der Waals surface area contributed by atoms with Crippen LogP contribution in [-0.4, -0.2) is 48.8 Å². The van der Waals surface area contributed by atoms with Gasteiger partial charge in [0, 0.05) is 25.2 Å². The molecule has 0 saturated carbocycles. The Labute approximate surface area is 119 Å². The van der Waals surface area contributed by atoms with Gasteiger partial charge < -0.3 is 10.1 Å². The van der Waals surface area contributed by atoms with Crippen LogP contribution in [0.3, 0.4) is 0 Å². The van der Waals surface area contributed by atoms with E-state index in [1.807, 2.05) is 0 Å². The molecule has 19 heavy (non-hydrogen) atoms. The second-order valence-corrected chi connectivity index (χ2v) is 7.26. The van der Waals surface area contributed by atoms with Crippen LogP contribution in [0, 0.1) is 5.92 Å². The van der Waals surface area contributed by atoms with Crippen LogP contribution >= 0.6 is 0 Å². The van der Waals surface area contributed by atoms with Gasteiger partial charge in [0.25, 0.3) is 0 Å². The monoisotopic (exact) mass is 268 g/mol. The van der Waals surface area contributed by atoms with E-state index in [4.69, 9.17) is 4.74 Å². The normalized spacial score (nSPS) is 29.8. The Morgan fingerprint density at radius 3 is 2.53 bits per heavy atom. The van der Waals surface area contributed by atoms with Crippen molar-refractivity contribution in [2.24, 2.45) is 5.92 Å². The van der Waals surface area contributed by atoms with Gasteiger partial charge in [-0.2, -0.15) is 0 Å². The highest BCUT2D eigenvalue weighted by molar-refractivity contribution is 4.86. The van der Waals surface area contributed by atoms with Gasteiger partial charge in [0.1, 0.15) is 0 Å². The maximum absolute atomic E-state index is 5.80. The lowest BCUT2D eigenvalue weighted by atomic mass is 9.93. The first-order valence-electron chi connectivity index (χ1n) is 8.09. The Morgan fingerprint density at radius 2 is 1.95 bits per heavy atom. The predicted octanol–water partition coefficient (Wildman–Crippen LogP) is 2.65. The van der Waals surface area contributed by atoms with Crippen LogP contribution in [-0.2, 0) is 4.74 Å². The molecule has 1 N–H and O–H groups in total. The summed E-state index contributed by atoms with van der Waals surface area (Å²) in [5.41, 5.74) is 0.0525. The largest absolute Gasteiger partial charge is 0.375 e. The number of hydrogen-bond donors (Lipinski definition) is 1. The van der Waals surface area contributed by atoms with Crippen LogP contribution in [0.15, 0.2) is 0 Å². The van der Waals surface area contributed by atoms with Gasteiger partial charge in [-0.15, -0.1) is 0 Å². The van der Waals surface area contributed by atoms with E-state index in [9.17, 15) is 0 Å². The molecule has 0 aromatic rings. The molecule has 2 aliphatic rings. The van der Waals surface area contributed by atoms with Crippen LogP contribution in [0.25, 0.3) is 0 Å². The zero-order chi connectivity index (χ0) is 13.9. The van der Waals surface area contributed by atoms with E-state index < -0.39 is 0 Å². The smallest absolute Gasteiger partial charge is 0.0641 e. The van der Waals surface area contributed by atoms with Crippen molar-refractivity contribution in [2.75, 3.05) is 26.2 Å². The first-order valence-corrected chi connectivity index (χ1v) is 8.09. The minimum atomic E-state index is 0.0525. The molecule has 2 unspecified atom stereocenters. The molecular weight excluding hydrogens is 236 g/mol. The highest BCUT2D eigenvalue weighted by atomic mass is 16.5. The number of nitrogens with one attached hydrogen (secondary N) is 1. The average molecular weight is 268 g/mol. The maximum Gasteiger partial charge on any atom is 0.0641 e. The number of hydrogen-bond acceptors (Lipinski definition) is 3. The molecular formula is C16H32N2O. The van der Waals surface area contributed by atoms with Crippen molar-refractivity contribution in [1.29, 1.82) is 0 Å². The lowest BCUT2D eigenvalue weighted by Gasteiger charge is -2.38. The second kappa shape index (κ2) is 6.55. The predicted molar refractivity (Wildman–Crippen MR) is 80.5 cm³/mol. The summed E-state index contributed by atoms with van der Waals surface area (Å²) in [5.74, 6) is 0.735.